The average molecular weight is 389 g/mol. The van der Waals surface area contributed by atoms with Gasteiger partial charge in [0.05, 0.1) is 0 Å². The number of rotatable bonds is 7. The molecular weight excluding hydrogens is 366 g/mol. The van der Waals surface area contributed by atoms with E-state index in [4.69, 9.17) is 4.74 Å². The van der Waals surface area contributed by atoms with Crippen LogP contribution in [0.15, 0.2) is 79.0 Å². The monoisotopic (exact) mass is 389 g/mol. The number of hydrogen-bond acceptors (Lipinski definition) is 4. The Balaban J connectivity index is 1.65. The van der Waals surface area contributed by atoms with Gasteiger partial charge in [-0.25, -0.2) is 9.78 Å². The second-order valence-electron chi connectivity index (χ2n) is 6.66. The lowest BCUT2D eigenvalue weighted by Crippen LogP contribution is -2.45. The van der Waals surface area contributed by atoms with E-state index in [1.54, 1.807) is 12.3 Å². The molecule has 2 aromatic carbocycles. The summed E-state index contributed by atoms with van der Waals surface area (Å²) < 4.78 is 5.27. The number of aromatic nitrogens is 1. The fraction of sp³-hybridized carbons (Fsp3) is 0.174. The molecule has 1 atom stereocenters. The molecule has 0 fully saturated rings. The molecule has 1 aromatic heterocycles. The molecule has 0 aliphatic heterocycles. The van der Waals surface area contributed by atoms with Crippen LogP contribution >= 0.6 is 0 Å². The van der Waals surface area contributed by atoms with Gasteiger partial charge in [0.2, 0.25) is 5.91 Å². The van der Waals surface area contributed by atoms with Gasteiger partial charge in [-0.2, -0.15) is 0 Å². The van der Waals surface area contributed by atoms with Crippen LogP contribution in [-0.4, -0.2) is 23.0 Å². The summed E-state index contributed by atoms with van der Waals surface area (Å²) in [6.07, 6.45) is 1.35. The number of amides is 2. The number of benzene rings is 2. The van der Waals surface area contributed by atoms with Gasteiger partial charge in [-0.3, -0.25) is 4.79 Å². The number of nitrogens with zero attached hydrogens (tertiary/aromatic N) is 1. The molecule has 0 bridgehead atoms. The lowest BCUT2D eigenvalue weighted by atomic mass is 10.1. The Labute approximate surface area is 169 Å². The van der Waals surface area contributed by atoms with Crippen LogP contribution in [0, 0.1) is 6.92 Å². The molecule has 0 saturated heterocycles. The van der Waals surface area contributed by atoms with E-state index < -0.39 is 12.1 Å². The fourth-order valence-corrected chi connectivity index (χ4v) is 2.72. The van der Waals surface area contributed by atoms with Crippen LogP contribution in [-0.2, 0) is 22.6 Å². The SMILES string of the molecule is Cc1ccc(NC(=O)[C@H](Cc2ccccc2)NC(=O)OCc2ccccc2)nc1. The summed E-state index contributed by atoms with van der Waals surface area (Å²) in [4.78, 5) is 29.3. The third-order valence-electron chi connectivity index (χ3n) is 4.27. The molecule has 3 rings (SSSR count). The molecule has 1 heterocycles. The van der Waals surface area contributed by atoms with Crippen molar-refractivity contribution in [1.29, 1.82) is 0 Å². The van der Waals surface area contributed by atoms with Gasteiger partial charge in [0.15, 0.2) is 0 Å². The topological polar surface area (TPSA) is 80.3 Å². The summed E-state index contributed by atoms with van der Waals surface area (Å²) >= 11 is 0. The molecule has 3 aromatic rings. The highest BCUT2D eigenvalue weighted by molar-refractivity contribution is 5.96. The first kappa shape index (κ1) is 20.1. The van der Waals surface area contributed by atoms with Crippen LogP contribution in [0.2, 0.25) is 0 Å². The Morgan fingerprint density at radius 2 is 1.59 bits per heavy atom. The highest BCUT2D eigenvalue weighted by Gasteiger charge is 2.22. The van der Waals surface area contributed by atoms with Crippen molar-refractivity contribution in [2.75, 3.05) is 5.32 Å². The van der Waals surface area contributed by atoms with Gasteiger partial charge in [-0.05, 0) is 29.7 Å². The van der Waals surface area contributed by atoms with E-state index in [0.717, 1.165) is 16.7 Å². The summed E-state index contributed by atoms with van der Waals surface area (Å²) in [6.45, 7) is 2.05. The van der Waals surface area contributed by atoms with Gasteiger partial charge >= 0.3 is 6.09 Å². The summed E-state index contributed by atoms with van der Waals surface area (Å²) in [5.41, 5.74) is 2.79. The zero-order chi connectivity index (χ0) is 20.5. The first-order chi connectivity index (χ1) is 14.1. The third-order valence-corrected chi connectivity index (χ3v) is 4.27. The van der Waals surface area contributed by atoms with Crippen molar-refractivity contribution in [3.63, 3.8) is 0 Å². The van der Waals surface area contributed by atoms with E-state index in [-0.39, 0.29) is 12.5 Å². The first-order valence-corrected chi connectivity index (χ1v) is 9.35. The third kappa shape index (κ3) is 6.46. The fourth-order valence-electron chi connectivity index (χ4n) is 2.72. The van der Waals surface area contributed by atoms with Crippen LogP contribution in [0.1, 0.15) is 16.7 Å². The molecule has 6 nitrogen and oxygen atoms in total. The molecule has 29 heavy (non-hydrogen) atoms. The summed E-state index contributed by atoms with van der Waals surface area (Å²) in [7, 11) is 0. The maximum atomic E-state index is 12.8. The van der Waals surface area contributed by atoms with Crippen LogP contribution < -0.4 is 10.6 Å². The lowest BCUT2D eigenvalue weighted by molar-refractivity contribution is -0.118. The minimum absolute atomic E-state index is 0.131. The van der Waals surface area contributed by atoms with Gasteiger partial charge in [0.25, 0.3) is 0 Å². The molecule has 2 amide bonds. The number of alkyl carbamates (subject to hydrolysis) is 1. The highest BCUT2D eigenvalue weighted by atomic mass is 16.5. The number of carbonyl (C=O) groups excluding carboxylic acids is 2. The van der Waals surface area contributed by atoms with Crippen molar-refractivity contribution < 1.29 is 14.3 Å². The number of aryl methyl sites for hydroxylation is 1. The molecule has 6 heteroatoms. The predicted molar refractivity (Wildman–Crippen MR) is 111 cm³/mol. The van der Waals surface area contributed by atoms with Gasteiger partial charge < -0.3 is 15.4 Å². The number of nitrogens with one attached hydrogen (secondary N) is 2. The Hall–Kier alpha value is -3.67. The summed E-state index contributed by atoms with van der Waals surface area (Å²) in [5, 5.41) is 5.41. The first-order valence-electron chi connectivity index (χ1n) is 9.35. The molecule has 148 valence electrons. The van der Waals surface area contributed by atoms with Crippen molar-refractivity contribution in [2.45, 2.75) is 26.0 Å². The van der Waals surface area contributed by atoms with Crippen LogP contribution in [0.3, 0.4) is 0 Å². The van der Waals surface area contributed by atoms with Gasteiger partial charge in [0.1, 0.15) is 18.5 Å². The highest BCUT2D eigenvalue weighted by Crippen LogP contribution is 2.09. The van der Waals surface area contributed by atoms with E-state index in [1.165, 1.54) is 0 Å². The average Bonchev–Trinajstić information content (AvgIpc) is 2.75. The van der Waals surface area contributed by atoms with Crippen molar-refractivity contribution in [1.82, 2.24) is 10.3 Å². The Bertz CT molecular complexity index is 929. The Kier molecular flexibility index (Phi) is 6.95. The van der Waals surface area contributed by atoms with Gasteiger partial charge in [-0.1, -0.05) is 66.7 Å². The molecule has 0 aliphatic carbocycles. The predicted octanol–water partition coefficient (Wildman–Crippen LogP) is 3.87. The van der Waals surface area contributed by atoms with Gasteiger partial charge in [-0.15, -0.1) is 0 Å². The molecule has 0 spiro atoms. The van der Waals surface area contributed by atoms with Gasteiger partial charge in [0, 0.05) is 12.6 Å². The minimum atomic E-state index is -0.802. The van der Waals surface area contributed by atoms with E-state index in [9.17, 15) is 9.59 Å². The quantitative estimate of drug-likeness (QED) is 0.643. The standard InChI is InChI=1S/C23H23N3O3/c1-17-12-13-21(24-15-17)26-22(27)20(14-18-8-4-2-5-9-18)25-23(28)29-16-19-10-6-3-7-11-19/h2-13,15,20H,14,16H2,1H3,(H,25,28)(H,24,26,27)/t20-/m0/s1. The second kappa shape index (κ2) is 10.0. The van der Waals surface area contributed by atoms with E-state index in [1.807, 2.05) is 73.7 Å². The maximum Gasteiger partial charge on any atom is 0.408 e. The number of carbonyl (C=O) groups is 2. The molecule has 0 aliphatic rings. The van der Waals surface area contributed by atoms with Crippen LogP contribution in [0.4, 0.5) is 10.6 Å². The summed E-state index contributed by atoms with van der Waals surface area (Å²) in [6, 6.07) is 21.6. The Morgan fingerprint density at radius 3 is 2.21 bits per heavy atom. The smallest absolute Gasteiger partial charge is 0.408 e. The molecule has 2 N–H and O–H groups in total. The zero-order valence-electron chi connectivity index (χ0n) is 16.2. The largest absolute Gasteiger partial charge is 0.445 e. The number of anilines is 1. The van der Waals surface area contributed by atoms with E-state index >= 15 is 0 Å². The van der Waals surface area contributed by atoms with E-state index in [0.29, 0.717) is 12.2 Å². The summed E-state index contributed by atoms with van der Waals surface area (Å²) in [5.74, 6) is 0.0694. The van der Waals surface area contributed by atoms with Crippen LogP contribution in [0.5, 0.6) is 0 Å². The van der Waals surface area contributed by atoms with E-state index in [2.05, 4.69) is 15.6 Å². The zero-order valence-corrected chi connectivity index (χ0v) is 16.2. The van der Waals surface area contributed by atoms with Crippen molar-refractivity contribution >= 4 is 17.8 Å². The molecule has 0 saturated carbocycles. The molecular formula is C23H23N3O3. The number of hydrogen-bond donors (Lipinski definition) is 2. The second-order valence-corrected chi connectivity index (χ2v) is 6.66. The number of pyridine rings is 1. The van der Waals surface area contributed by atoms with Crippen molar-refractivity contribution in [2.24, 2.45) is 0 Å². The Morgan fingerprint density at radius 1 is 0.931 bits per heavy atom. The van der Waals surface area contributed by atoms with Crippen LogP contribution in [0.25, 0.3) is 0 Å². The normalized spacial score (nSPS) is 11.3. The maximum absolute atomic E-state index is 12.8. The minimum Gasteiger partial charge on any atom is -0.445 e. The van der Waals surface area contributed by atoms with Crippen molar-refractivity contribution in [3.05, 3.63) is 95.7 Å². The number of ether oxygens (including phenoxy) is 1. The molecule has 0 unspecified atom stereocenters. The lowest BCUT2D eigenvalue weighted by Gasteiger charge is -2.18. The molecule has 0 radical (unpaired) electrons. The van der Waals surface area contributed by atoms with Crippen molar-refractivity contribution in [3.8, 4) is 0 Å².